The smallest absolute Gasteiger partial charge is 0.177 e. The standard InChI is InChI=1S/C17H17N3O2S/c1-23(21,22)10-2-6-16(19-9-10)17-8-13-11-3-5-14(18)12(11)4-7-15(13)20-17/h2,4,6-9,14,20H,3,5,18H2,1H3/t14-/m1/s1. The fourth-order valence-electron chi connectivity index (χ4n) is 3.26. The van der Waals surface area contributed by atoms with E-state index in [2.05, 4.69) is 22.1 Å². The van der Waals surface area contributed by atoms with Crippen LogP contribution >= 0.6 is 0 Å². The van der Waals surface area contributed by atoms with Crippen molar-refractivity contribution in [2.45, 2.75) is 23.8 Å². The third-order valence-electron chi connectivity index (χ3n) is 4.50. The zero-order valence-electron chi connectivity index (χ0n) is 12.7. The van der Waals surface area contributed by atoms with Crippen LogP contribution in [0.1, 0.15) is 23.6 Å². The fourth-order valence-corrected chi connectivity index (χ4v) is 3.82. The maximum absolute atomic E-state index is 11.5. The van der Waals surface area contributed by atoms with Crippen LogP contribution in [0.2, 0.25) is 0 Å². The Kier molecular flexibility index (Phi) is 3.08. The molecule has 6 heteroatoms. The van der Waals surface area contributed by atoms with Crippen molar-refractivity contribution in [3.8, 4) is 11.4 Å². The van der Waals surface area contributed by atoms with Crippen molar-refractivity contribution >= 4 is 20.7 Å². The molecule has 5 nitrogen and oxygen atoms in total. The number of rotatable bonds is 2. The van der Waals surface area contributed by atoms with Gasteiger partial charge in [-0.3, -0.25) is 4.98 Å². The predicted molar refractivity (Wildman–Crippen MR) is 89.9 cm³/mol. The van der Waals surface area contributed by atoms with Crippen LogP contribution in [0.25, 0.3) is 22.3 Å². The van der Waals surface area contributed by atoms with E-state index >= 15 is 0 Å². The van der Waals surface area contributed by atoms with Crippen molar-refractivity contribution in [3.63, 3.8) is 0 Å². The highest BCUT2D eigenvalue weighted by Gasteiger charge is 2.22. The molecule has 3 aromatic rings. The van der Waals surface area contributed by atoms with Gasteiger partial charge in [0, 0.05) is 29.4 Å². The van der Waals surface area contributed by atoms with Crippen LogP contribution in [0.4, 0.5) is 0 Å². The summed E-state index contributed by atoms with van der Waals surface area (Å²) in [5, 5.41) is 1.18. The largest absolute Gasteiger partial charge is 0.353 e. The van der Waals surface area contributed by atoms with Gasteiger partial charge in [-0.15, -0.1) is 0 Å². The number of nitrogens with zero attached hydrogens (tertiary/aromatic N) is 1. The number of nitrogens with two attached hydrogens (primary N) is 1. The summed E-state index contributed by atoms with van der Waals surface area (Å²) in [5.74, 6) is 0. The number of H-pyrrole nitrogens is 1. The van der Waals surface area contributed by atoms with Gasteiger partial charge >= 0.3 is 0 Å². The van der Waals surface area contributed by atoms with Crippen LogP contribution in [0.15, 0.2) is 41.4 Å². The summed E-state index contributed by atoms with van der Waals surface area (Å²) < 4.78 is 23.0. The van der Waals surface area contributed by atoms with E-state index in [-0.39, 0.29) is 10.9 Å². The van der Waals surface area contributed by atoms with Crippen molar-refractivity contribution < 1.29 is 8.42 Å². The number of pyridine rings is 1. The van der Waals surface area contributed by atoms with E-state index in [1.54, 1.807) is 12.1 Å². The molecule has 23 heavy (non-hydrogen) atoms. The summed E-state index contributed by atoms with van der Waals surface area (Å²) in [6.45, 7) is 0. The molecule has 1 aliphatic carbocycles. The van der Waals surface area contributed by atoms with E-state index in [9.17, 15) is 8.42 Å². The minimum atomic E-state index is -3.23. The van der Waals surface area contributed by atoms with Gasteiger partial charge in [0.15, 0.2) is 9.84 Å². The van der Waals surface area contributed by atoms with Gasteiger partial charge in [-0.1, -0.05) is 6.07 Å². The van der Waals surface area contributed by atoms with Crippen LogP contribution in [0, 0.1) is 0 Å². The Morgan fingerprint density at radius 1 is 1.26 bits per heavy atom. The van der Waals surface area contributed by atoms with Gasteiger partial charge in [0.05, 0.1) is 16.3 Å². The summed E-state index contributed by atoms with van der Waals surface area (Å²) in [7, 11) is -3.23. The second kappa shape index (κ2) is 4.91. The zero-order valence-corrected chi connectivity index (χ0v) is 13.5. The lowest BCUT2D eigenvalue weighted by molar-refractivity contribution is 0.601. The monoisotopic (exact) mass is 327 g/mol. The molecular formula is C17H17N3O2S. The number of sulfone groups is 1. The van der Waals surface area contributed by atoms with Crippen molar-refractivity contribution in [1.82, 2.24) is 9.97 Å². The molecule has 1 atom stereocenters. The first-order valence-corrected chi connectivity index (χ1v) is 9.39. The molecule has 118 valence electrons. The first-order valence-electron chi connectivity index (χ1n) is 7.50. The van der Waals surface area contributed by atoms with Crippen molar-refractivity contribution in [3.05, 3.63) is 47.7 Å². The average molecular weight is 327 g/mol. The molecule has 3 N–H and O–H groups in total. The number of nitrogens with one attached hydrogen (secondary N) is 1. The van der Waals surface area contributed by atoms with Crippen LogP contribution in [0.3, 0.4) is 0 Å². The molecule has 4 rings (SSSR count). The Hall–Kier alpha value is -2.18. The van der Waals surface area contributed by atoms with Gasteiger partial charge in [-0.2, -0.15) is 0 Å². The number of hydrogen-bond donors (Lipinski definition) is 2. The first kappa shape index (κ1) is 14.4. The van der Waals surface area contributed by atoms with E-state index in [0.717, 1.165) is 29.7 Å². The van der Waals surface area contributed by atoms with Crippen LogP contribution in [-0.4, -0.2) is 24.6 Å². The van der Waals surface area contributed by atoms with Crippen molar-refractivity contribution in [2.24, 2.45) is 5.73 Å². The lowest BCUT2D eigenvalue weighted by Gasteiger charge is -2.04. The minimum absolute atomic E-state index is 0.125. The number of benzene rings is 1. The van der Waals surface area contributed by atoms with Gasteiger partial charge in [-0.25, -0.2) is 8.42 Å². The Bertz CT molecular complexity index is 1000. The molecule has 0 radical (unpaired) electrons. The molecule has 2 aromatic heterocycles. The Balaban J connectivity index is 1.81. The number of fused-ring (bicyclic) bond motifs is 3. The van der Waals surface area contributed by atoms with Gasteiger partial charge < -0.3 is 10.7 Å². The molecule has 0 aliphatic heterocycles. The van der Waals surface area contributed by atoms with Gasteiger partial charge in [-0.05, 0) is 48.2 Å². The SMILES string of the molecule is CS(=O)(=O)c1ccc(-c2cc3c4c(ccc3[nH]2)[C@H](N)CC4)nc1. The molecule has 0 saturated heterocycles. The predicted octanol–water partition coefficient (Wildman–Crippen LogP) is 2.58. The zero-order chi connectivity index (χ0) is 16.2. The van der Waals surface area contributed by atoms with Gasteiger partial charge in [0.25, 0.3) is 0 Å². The number of aryl methyl sites for hydroxylation is 1. The molecule has 0 saturated carbocycles. The van der Waals surface area contributed by atoms with E-state index in [1.807, 2.05) is 6.07 Å². The maximum Gasteiger partial charge on any atom is 0.177 e. The third kappa shape index (κ3) is 2.34. The normalized spacial score (nSPS) is 17.6. The molecular weight excluding hydrogens is 310 g/mol. The van der Waals surface area contributed by atoms with E-state index < -0.39 is 9.84 Å². The summed E-state index contributed by atoms with van der Waals surface area (Å²) in [6.07, 6.45) is 4.55. The molecule has 0 fully saturated rings. The Labute approximate surface area is 134 Å². The highest BCUT2D eigenvalue weighted by Crippen LogP contribution is 2.36. The first-order chi connectivity index (χ1) is 10.9. The molecule has 1 aromatic carbocycles. The molecule has 0 spiro atoms. The Morgan fingerprint density at radius 2 is 2.09 bits per heavy atom. The highest BCUT2D eigenvalue weighted by atomic mass is 32.2. The molecule has 0 amide bonds. The summed E-state index contributed by atoms with van der Waals surface area (Å²) in [5.41, 5.74) is 11.3. The van der Waals surface area contributed by atoms with Crippen LogP contribution in [-0.2, 0) is 16.3 Å². The Morgan fingerprint density at radius 3 is 2.78 bits per heavy atom. The number of hydrogen-bond acceptors (Lipinski definition) is 4. The molecule has 1 aliphatic rings. The quantitative estimate of drug-likeness (QED) is 0.757. The highest BCUT2D eigenvalue weighted by molar-refractivity contribution is 7.90. The lowest BCUT2D eigenvalue weighted by atomic mass is 10.0. The molecule has 0 unspecified atom stereocenters. The lowest BCUT2D eigenvalue weighted by Crippen LogP contribution is -2.04. The van der Waals surface area contributed by atoms with E-state index in [1.165, 1.54) is 29.0 Å². The summed E-state index contributed by atoms with van der Waals surface area (Å²) in [6, 6.07) is 9.66. The van der Waals surface area contributed by atoms with Crippen LogP contribution < -0.4 is 5.73 Å². The topological polar surface area (TPSA) is 88.8 Å². The summed E-state index contributed by atoms with van der Waals surface area (Å²) in [4.78, 5) is 7.87. The van der Waals surface area contributed by atoms with Crippen LogP contribution in [0.5, 0.6) is 0 Å². The summed E-state index contributed by atoms with van der Waals surface area (Å²) >= 11 is 0. The molecule has 2 heterocycles. The second-order valence-corrected chi connectivity index (χ2v) is 8.09. The van der Waals surface area contributed by atoms with E-state index in [4.69, 9.17) is 5.73 Å². The van der Waals surface area contributed by atoms with Crippen molar-refractivity contribution in [1.29, 1.82) is 0 Å². The number of aromatic amines is 1. The maximum atomic E-state index is 11.5. The minimum Gasteiger partial charge on any atom is -0.353 e. The van der Waals surface area contributed by atoms with Crippen molar-refractivity contribution in [2.75, 3.05) is 6.26 Å². The second-order valence-electron chi connectivity index (χ2n) is 6.07. The average Bonchev–Trinajstić information content (AvgIpc) is 3.10. The third-order valence-corrected chi connectivity index (χ3v) is 5.59. The van der Waals surface area contributed by atoms with E-state index in [0.29, 0.717) is 0 Å². The van der Waals surface area contributed by atoms with Gasteiger partial charge in [0.1, 0.15) is 0 Å². The molecule has 0 bridgehead atoms. The number of aromatic nitrogens is 2. The van der Waals surface area contributed by atoms with Gasteiger partial charge in [0.2, 0.25) is 0 Å². The fraction of sp³-hybridized carbons (Fsp3) is 0.235.